The highest BCUT2D eigenvalue weighted by Gasteiger charge is 2.16. The molecule has 1 aromatic carbocycles. The van der Waals surface area contributed by atoms with Crippen molar-refractivity contribution in [3.63, 3.8) is 0 Å². The first kappa shape index (κ1) is 15.5. The van der Waals surface area contributed by atoms with E-state index in [9.17, 15) is 9.59 Å². The summed E-state index contributed by atoms with van der Waals surface area (Å²) in [4.78, 5) is 27.7. The maximum absolute atomic E-state index is 11.8. The van der Waals surface area contributed by atoms with Crippen LogP contribution in [0.1, 0.15) is 12.8 Å². The van der Waals surface area contributed by atoms with Gasteiger partial charge in [-0.3, -0.25) is 9.59 Å². The maximum Gasteiger partial charge on any atom is 0.326 e. The van der Waals surface area contributed by atoms with Crippen molar-refractivity contribution in [1.82, 2.24) is 14.9 Å². The van der Waals surface area contributed by atoms with E-state index in [4.69, 9.17) is 9.47 Å². The molecular formula is C16H19N3O4. The highest BCUT2D eigenvalue weighted by atomic mass is 16.5. The average molecular weight is 317 g/mol. The molecule has 1 aliphatic rings. The number of hydrogen-bond acceptors (Lipinski definition) is 5. The Balaban J connectivity index is 1.43. The lowest BCUT2D eigenvalue weighted by molar-refractivity contribution is -0.149. The van der Waals surface area contributed by atoms with Crippen LogP contribution in [-0.4, -0.2) is 47.3 Å². The fourth-order valence-electron chi connectivity index (χ4n) is 2.55. The number of para-hydroxylation sites is 2. The average Bonchev–Trinajstić information content (AvgIpc) is 3.21. The molecule has 1 aromatic heterocycles. The number of benzene rings is 1. The number of imidazole rings is 1. The molecule has 2 heterocycles. The van der Waals surface area contributed by atoms with Gasteiger partial charge in [0.05, 0.1) is 23.5 Å². The highest BCUT2D eigenvalue weighted by Crippen LogP contribution is 2.12. The number of amides is 1. The lowest BCUT2D eigenvalue weighted by atomic mass is 10.2. The van der Waals surface area contributed by atoms with Crippen LogP contribution >= 0.6 is 0 Å². The summed E-state index contributed by atoms with van der Waals surface area (Å²) in [5, 5.41) is 2.71. The Bertz CT molecular complexity index is 691. The van der Waals surface area contributed by atoms with E-state index in [0.29, 0.717) is 6.54 Å². The third-order valence-electron chi connectivity index (χ3n) is 3.74. The van der Waals surface area contributed by atoms with Crippen LogP contribution in [0.5, 0.6) is 0 Å². The Morgan fingerprint density at radius 2 is 2.26 bits per heavy atom. The van der Waals surface area contributed by atoms with Gasteiger partial charge < -0.3 is 19.4 Å². The summed E-state index contributed by atoms with van der Waals surface area (Å²) in [5.41, 5.74) is 1.67. The van der Waals surface area contributed by atoms with E-state index in [2.05, 4.69) is 10.3 Å². The standard InChI is InChI=1S/C16H19N3O4/c20-15(17-8-12-4-3-7-22-12)10-23-16(21)9-19-11-18-13-5-1-2-6-14(13)19/h1-2,5-6,11-12H,3-4,7-10H2,(H,17,20). The van der Waals surface area contributed by atoms with Crippen molar-refractivity contribution in [3.8, 4) is 0 Å². The van der Waals surface area contributed by atoms with E-state index in [1.807, 2.05) is 24.3 Å². The molecule has 0 saturated carbocycles. The quantitative estimate of drug-likeness (QED) is 0.800. The zero-order valence-corrected chi connectivity index (χ0v) is 12.7. The van der Waals surface area contributed by atoms with Crippen LogP contribution in [0.4, 0.5) is 0 Å². The van der Waals surface area contributed by atoms with E-state index >= 15 is 0 Å². The monoisotopic (exact) mass is 317 g/mol. The highest BCUT2D eigenvalue weighted by molar-refractivity contribution is 5.81. The molecule has 7 heteroatoms. The predicted octanol–water partition coefficient (Wildman–Crippen LogP) is 0.875. The number of rotatable bonds is 6. The zero-order chi connectivity index (χ0) is 16.1. The fourth-order valence-corrected chi connectivity index (χ4v) is 2.55. The Morgan fingerprint density at radius 1 is 1.39 bits per heavy atom. The van der Waals surface area contributed by atoms with Crippen LogP contribution < -0.4 is 5.32 Å². The van der Waals surface area contributed by atoms with E-state index in [0.717, 1.165) is 30.5 Å². The zero-order valence-electron chi connectivity index (χ0n) is 12.7. The second-order valence-corrected chi connectivity index (χ2v) is 5.46. The molecule has 1 unspecified atom stereocenters. The summed E-state index contributed by atoms with van der Waals surface area (Å²) >= 11 is 0. The van der Waals surface area contributed by atoms with Gasteiger partial charge in [-0.15, -0.1) is 0 Å². The first-order valence-electron chi connectivity index (χ1n) is 7.66. The Labute approximate surface area is 133 Å². The first-order valence-corrected chi connectivity index (χ1v) is 7.66. The van der Waals surface area contributed by atoms with E-state index < -0.39 is 5.97 Å². The summed E-state index contributed by atoms with van der Waals surface area (Å²) < 4.78 is 12.1. The predicted molar refractivity (Wildman–Crippen MR) is 82.7 cm³/mol. The van der Waals surface area contributed by atoms with Crippen molar-refractivity contribution in [2.45, 2.75) is 25.5 Å². The van der Waals surface area contributed by atoms with Gasteiger partial charge in [0.1, 0.15) is 6.54 Å². The number of carbonyl (C=O) groups excluding carboxylic acids is 2. The van der Waals surface area contributed by atoms with E-state index in [1.165, 1.54) is 0 Å². The number of ether oxygens (including phenoxy) is 2. The van der Waals surface area contributed by atoms with Gasteiger partial charge in [-0.05, 0) is 25.0 Å². The smallest absolute Gasteiger partial charge is 0.326 e. The molecule has 1 amide bonds. The van der Waals surface area contributed by atoms with Gasteiger partial charge >= 0.3 is 5.97 Å². The van der Waals surface area contributed by atoms with Crippen LogP contribution in [0.15, 0.2) is 30.6 Å². The van der Waals surface area contributed by atoms with Gasteiger partial charge in [-0.2, -0.15) is 0 Å². The summed E-state index contributed by atoms with van der Waals surface area (Å²) in [6.45, 7) is 0.953. The minimum atomic E-state index is -0.472. The molecule has 1 atom stereocenters. The van der Waals surface area contributed by atoms with Crippen LogP contribution in [0.3, 0.4) is 0 Å². The first-order chi connectivity index (χ1) is 11.2. The second kappa shape index (κ2) is 7.23. The van der Waals surface area contributed by atoms with Crippen molar-refractivity contribution in [3.05, 3.63) is 30.6 Å². The molecule has 23 heavy (non-hydrogen) atoms. The molecule has 0 radical (unpaired) electrons. The SMILES string of the molecule is O=C(COC(=O)Cn1cnc2ccccc21)NCC1CCCO1. The summed E-state index contributed by atoms with van der Waals surface area (Å²) in [6.07, 6.45) is 3.64. The summed E-state index contributed by atoms with van der Waals surface area (Å²) in [5.74, 6) is -0.787. The van der Waals surface area contributed by atoms with Crippen LogP contribution in [0.2, 0.25) is 0 Å². The molecule has 0 aliphatic carbocycles. The molecule has 1 fully saturated rings. The van der Waals surface area contributed by atoms with Gasteiger partial charge in [-0.1, -0.05) is 12.1 Å². The molecule has 3 rings (SSSR count). The van der Waals surface area contributed by atoms with Gasteiger partial charge in [0.2, 0.25) is 0 Å². The van der Waals surface area contributed by atoms with Crippen LogP contribution in [0, 0.1) is 0 Å². The number of hydrogen-bond donors (Lipinski definition) is 1. The molecule has 1 aliphatic heterocycles. The van der Waals surface area contributed by atoms with E-state index in [-0.39, 0.29) is 25.2 Å². The third kappa shape index (κ3) is 4.07. The van der Waals surface area contributed by atoms with Crippen LogP contribution in [-0.2, 0) is 25.6 Å². The molecule has 7 nitrogen and oxygen atoms in total. The molecule has 0 spiro atoms. The van der Waals surface area contributed by atoms with Gasteiger partial charge in [0.15, 0.2) is 6.61 Å². The van der Waals surface area contributed by atoms with Crippen molar-refractivity contribution in [2.75, 3.05) is 19.8 Å². The van der Waals surface area contributed by atoms with Crippen molar-refractivity contribution < 1.29 is 19.1 Å². The summed E-state index contributed by atoms with van der Waals surface area (Å²) in [6, 6.07) is 7.51. The minimum absolute atomic E-state index is 0.0273. The largest absolute Gasteiger partial charge is 0.454 e. The molecular weight excluding hydrogens is 298 g/mol. The van der Waals surface area contributed by atoms with Gasteiger partial charge in [-0.25, -0.2) is 4.98 Å². The molecule has 1 N–H and O–H groups in total. The lowest BCUT2D eigenvalue weighted by Crippen LogP contribution is -2.35. The van der Waals surface area contributed by atoms with Crippen molar-refractivity contribution in [2.24, 2.45) is 0 Å². The Morgan fingerprint density at radius 3 is 3.09 bits per heavy atom. The van der Waals surface area contributed by atoms with Gasteiger partial charge in [0, 0.05) is 13.2 Å². The normalized spacial score (nSPS) is 17.3. The molecule has 0 bridgehead atoms. The third-order valence-corrected chi connectivity index (χ3v) is 3.74. The number of fused-ring (bicyclic) bond motifs is 1. The topological polar surface area (TPSA) is 82.5 Å². The van der Waals surface area contributed by atoms with E-state index in [1.54, 1.807) is 10.9 Å². The summed E-state index contributed by atoms with van der Waals surface area (Å²) in [7, 11) is 0. The molecule has 2 aromatic rings. The number of esters is 1. The Hall–Kier alpha value is -2.41. The van der Waals surface area contributed by atoms with Crippen molar-refractivity contribution in [1.29, 1.82) is 0 Å². The number of nitrogens with one attached hydrogen (secondary N) is 1. The number of aromatic nitrogens is 2. The second-order valence-electron chi connectivity index (χ2n) is 5.46. The molecule has 1 saturated heterocycles. The minimum Gasteiger partial charge on any atom is -0.454 e. The number of carbonyl (C=O) groups is 2. The maximum atomic E-state index is 11.8. The lowest BCUT2D eigenvalue weighted by Gasteiger charge is -2.11. The van der Waals surface area contributed by atoms with Gasteiger partial charge in [0.25, 0.3) is 5.91 Å². The Kier molecular flexibility index (Phi) is 4.87. The van der Waals surface area contributed by atoms with Crippen LogP contribution in [0.25, 0.3) is 11.0 Å². The van der Waals surface area contributed by atoms with Crippen molar-refractivity contribution >= 4 is 22.9 Å². The number of nitrogens with zero attached hydrogens (tertiary/aromatic N) is 2. The molecule has 122 valence electrons. The fraction of sp³-hybridized carbons (Fsp3) is 0.438.